The lowest BCUT2D eigenvalue weighted by Crippen LogP contribution is -2.42. The smallest absolute Gasteiger partial charge is 0.0229 e. The molecule has 1 unspecified atom stereocenters. The molecule has 0 rings (SSSR count). The van der Waals surface area contributed by atoms with Gasteiger partial charge in [0.2, 0.25) is 0 Å². The van der Waals surface area contributed by atoms with Crippen LogP contribution in [0.5, 0.6) is 0 Å². The van der Waals surface area contributed by atoms with Crippen LogP contribution in [0.3, 0.4) is 0 Å². The summed E-state index contributed by atoms with van der Waals surface area (Å²) in [5, 5.41) is 0. The maximum atomic E-state index is 2.42. The average molecular weight is 215 g/mol. The molecule has 3 heteroatoms. The zero-order chi connectivity index (χ0) is 12.0. The lowest BCUT2D eigenvalue weighted by Gasteiger charge is -2.31. The zero-order valence-electron chi connectivity index (χ0n) is 11.6. The van der Waals surface area contributed by atoms with Gasteiger partial charge in [-0.1, -0.05) is 0 Å². The fraction of sp³-hybridized carbons (Fsp3) is 1.00. The van der Waals surface area contributed by atoms with Gasteiger partial charge in [-0.2, -0.15) is 0 Å². The van der Waals surface area contributed by atoms with E-state index in [1.165, 1.54) is 6.42 Å². The monoisotopic (exact) mass is 215 g/mol. The van der Waals surface area contributed by atoms with Crippen molar-refractivity contribution in [1.82, 2.24) is 14.7 Å². The van der Waals surface area contributed by atoms with Crippen LogP contribution in [-0.2, 0) is 0 Å². The molecule has 0 amide bonds. The van der Waals surface area contributed by atoms with Gasteiger partial charge in [-0.05, 0) is 62.1 Å². The summed E-state index contributed by atoms with van der Waals surface area (Å²) in [4.78, 5) is 7.01. The Bertz CT molecular complexity index is 155. The van der Waals surface area contributed by atoms with Crippen LogP contribution in [0.25, 0.3) is 0 Å². The first-order chi connectivity index (χ1) is 6.84. The molecule has 0 aromatic rings. The fourth-order valence-corrected chi connectivity index (χ4v) is 1.46. The zero-order valence-corrected chi connectivity index (χ0v) is 11.6. The second kappa shape index (κ2) is 7.20. The second-order valence-electron chi connectivity index (χ2n) is 5.24. The van der Waals surface area contributed by atoms with E-state index in [1.54, 1.807) is 0 Å². The molecule has 0 aliphatic rings. The van der Waals surface area contributed by atoms with Crippen molar-refractivity contribution in [2.75, 3.05) is 48.3 Å². The Morgan fingerprint density at radius 1 is 0.933 bits per heavy atom. The summed E-state index contributed by atoms with van der Waals surface area (Å²) in [6.45, 7) is 6.81. The number of hydrogen-bond acceptors (Lipinski definition) is 3. The molecule has 0 aromatic carbocycles. The maximum Gasteiger partial charge on any atom is 0.0229 e. The fourth-order valence-electron chi connectivity index (χ4n) is 1.46. The van der Waals surface area contributed by atoms with Crippen LogP contribution in [0.1, 0.15) is 20.3 Å². The molecule has 1 atom stereocenters. The van der Waals surface area contributed by atoms with Crippen LogP contribution in [0.15, 0.2) is 0 Å². The van der Waals surface area contributed by atoms with Crippen molar-refractivity contribution in [2.45, 2.75) is 32.4 Å². The van der Waals surface area contributed by atoms with E-state index >= 15 is 0 Å². The molecule has 0 fully saturated rings. The third-order valence-corrected chi connectivity index (χ3v) is 3.02. The number of likely N-dealkylation sites (N-methyl/N-ethyl adjacent to an activating group) is 2. The van der Waals surface area contributed by atoms with Gasteiger partial charge in [0.1, 0.15) is 0 Å². The number of hydrogen-bond donors (Lipinski definition) is 0. The number of rotatable bonds is 7. The second-order valence-corrected chi connectivity index (χ2v) is 5.24. The first kappa shape index (κ1) is 14.9. The Morgan fingerprint density at radius 2 is 1.47 bits per heavy atom. The van der Waals surface area contributed by atoms with E-state index in [0.29, 0.717) is 12.1 Å². The predicted molar refractivity (Wildman–Crippen MR) is 68.4 cm³/mol. The Hall–Kier alpha value is -0.120. The van der Waals surface area contributed by atoms with Gasteiger partial charge in [0.05, 0.1) is 0 Å². The summed E-state index contributed by atoms with van der Waals surface area (Å²) in [5.74, 6) is 0. The molecule has 15 heavy (non-hydrogen) atoms. The lowest BCUT2D eigenvalue weighted by molar-refractivity contribution is 0.166. The van der Waals surface area contributed by atoms with Crippen molar-refractivity contribution in [2.24, 2.45) is 0 Å². The summed E-state index contributed by atoms with van der Waals surface area (Å²) in [6.07, 6.45) is 1.23. The van der Waals surface area contributed by atoms with Gasteiger partial charge in [-0.3, -0.25) is 0 Å². The quantitative estimate of drug-likeness (QED) is 0.632. The van der Waals surface area contributed by atoms with Crippen molar-refractivity contribution >= 4 is 0 Å². The Kier molecular flexibility index (Phi) is 7.14. The van der Waals surface area contributed by atoms with Crippen molar-refractivity contribution in [3.05, 3.63) is 0 Å². The first-order valence-corrected chi connectivity index (χ1v) is 5.86. The molecular weight excluding hydrogens is 186 g/mol. The highest BCUT2D eigenvalue weighted by atomic mass is 15.2. The molecule has 0 heterocycles. The van der Waals surface area contributed by atoms with Gasteiger partial charge in [0, 0.05) is 18.6 Å². The van der Waals surface area contributed by atoms with Crippen LogP contribution in [0.2, 0.25) is 0 Å². The highest BCUT2D eigenvalue weighted by molar-refractivity contribution is 4.72. The largest absolute Gasteiger partial charge is 0.309 e. The minimum Gasteiger partial charge on any atom is -0.309 e. The maximum absolute atomic E-state index is 2.42. The SMILES string of the molecule is CC(C)N(C)CC(CCN(C)C)N(C)C. The molecular formula is C12H29N3. The van der Waals surface area contributed by atoms with Gasteiger partial charge in [0.15, 0.2) is 0 Å². The van der Waals surface area contributed by atoms with Gasteiger partial charge >= 0.3 is 0 Å². The van der Waals surface area contributed by atoms with Crippen molar-refractivity contribution < 1.29 is 0 Å². The summed E-state index contributed by atoms with van der Waals surface area (Å²) in [5.41, 5.74) is 0. The summed E-state index contributed by atoms with van der Waals surface area (Å²) >= 11 is 0. The van der Waals surface area contributed by atoms with E-state index in [9.17, 15) is 0 Å². The van der Waals surface area contributed by atoms with Crippen molar-refractivity contribution in [3.63, 3.8) is 0 Å². The molecule has 92 valence electrons. The van der Waals surface area contributed by atoms with Crippen LogP contribution in [0.4, 0.5) is 0 Å². The van der Waals surface area contributed by atoms with Crippen LogP contribution < -0.4 is 0 Å². The molecule has 0 aliphatic heterocycles. The lowest BCUT2D eigenvalue weighted by atomic mass is 10.1. The van der Waals surface area contributed by atoms with E-state index in [-0.39, 0.29) is 0 Å². The third kappa shape index (κ3) is 6.88. The highest BCUT2D eigenvalue weighted by Crippen LogP contribution is 2.05. The topological polar surface area (TPSA) is 9.72 Å². The molecule has 0 aliphatic carbocycles. The van der Waals surface area contributed by atoms with E-state index in [1.807, 2.05) is 0 Å². The molecule has 3 nitrogen and oxygen atoms in total. The third-order valence-electron chi connectivity index (χ3n) is 3.02. The standard InChI is InChI=1S/C12H29N3/c1-11(2)15(7)10-12(14(5)6)8-9-13(3)4/h11-12H,8-10H2,1-7H3. The molecule has 0 spiro atoms. The van der Waals surface area contributed by atoms with Gasteiger partial charge in [0.25, 0.3) is 0 Å². The van der Waals surface area contributed by atoms with Gasteiger partial charge < -0.3 is 14.7 Å². The minimum atomic E-state index is 0.631. The highest BCUT2D eigenvalue weighted by Gasteiger charge is 2.15. The normalized spacial score (nSPS) is 14.6. The van der Waals surface area contributed by atoms with Crippen LogP contribution >= 0.6 is 0 Å². The summed E-state index contributed by atoms with van der Waals surface area (Å²) in [7, 11) is 10.8. The molecule has 0 saturated heterocycles. The molecule has 0 bridgehead atoms. The van der Waals surface area contributed by atoms with E-state index in [2.05, 4.69) is 63.8 Å². The van der Waals surface area contributed by atoms with E-state index in [0.717, 1.165) is 13.1 Å². The van der Waals surface area contributed by atoms with Crippen molar-refractivity contribution in [3.8, 4) is 0 Å². The van der Waals surface area contributed by atoms with E-state index in [4.69, 9.17) is 0 Å². The molecule has 0 radical (unpaired) electrons. The Balaban J connectivity index is 4.04. The Morgan fingerprint density at radius 3 is 1.80 bits per heavy atom. The molecule has 0 N–H and O–H groups in total. The minimum absolute atomic E-state index is 0.631. The van der Waals surface area contributed by atoms with Gasteiger partial charge in [-0.15, -0.1) is 0 Å². The average Bonchev–Trinajstić information content (AvgIpc) is 2.10. The summed E-state index contributed by atoms with van der Waals surface area (Å²) < 4.78 is 0. The first-order valence-electron chi connectivity index (χ1n) is 5.86. The molecule has 0 aromatic heterocycles. The summed E-state index contributed by atoms with van der Waals surface area (Å²) in [6, 6.07) is 1.28. The van der Waals surface area contributed by atoms with Crippen LogP contribution in [-0.4, -0.2) is 75.1 Å². The number of nitrogens with zero attached hydrogens (tertiary/aromatic N) is 3. The Labute approximate surface area is 96.0 Å². The molecule has 0 saturated carbocycles. The van der Waals surface area contributed by atoms with E-state index < -0.39 is 0 Å². The predicted octanol–water partition coefficient (Wildman–Crippen LogP) is 1.21. The van der Waals surface area contributed by atoms with Crippen molar-refractivity contribution in [1.29, 1.82) is 0 Å². The van der Waals surface area contributed by atoms with Crippen LogP contribution in [0, 0.1) is 0 Å². The van der Waals surface area contributed by atoms with Gasteiger partial charge in [-0.25, -0.2) is 0 Å².